The Kier molecular flexibility index (Phi) is 5.41. The lowest BCUT2D eigenvalue weighted by atomic mass is 10.1. The van der Waals surface area contributed by atoms with E-state index in [1.54, 1.807) is 23.5 Å². The molecule has 5 heterocycles. The summed E-state index contributed by atoms with van der Waals surface area (Å²) in [5, 5.41) is 11.3. The van der Waals surface area contributed by atoms with Gasteiger partial charge < -0.3 is 24.6 Å². The molecule has 2 aliphatic rings. The number of morpholine rings is 1. The number of piperazine rings is 1. The van der Waals surface area contributed by atoms with Gasteiger partial charge in [-0.2, -0.15) is 0 Å². The number of hydrogen-bond acceptors (Lipinski definition) is 8. The predicted molar refractivity (Wildman–Crippen MR) is 132 cm³/mol. The molecule has 6 rings (SSSR count). The number of fused-ring (bicyclic) bond motifs is 2. The number of anilines is 1. The highest BCUT2D eigenvalue weighted by molar-refractivity contribution is 7.19. The van der Waals surface area contributed by atoms with Crippen LogP contribution in [0.15, 0.2) is 30.5 Å². The molecule has 3 aromatic heterocycles. The lowest BCUT2D eigenvalue weighted by Gasteiger charge is -2.31. The molecule has 2 saturated heterocycles. The number of thiophene rings is 1. The number of nitrogens with one attached hydrogen (secondary N) is 1. The first kappa shape index (κ1) is 20.9. The van der Waals surface area contributed by atoms with E-state index in [1.165, 1.54) is 4.88 Å². The Morgan fingerprint density at radius 1 is 1.06 bits per heavy atom. The van der Waals surface area contributed by atoms with Gasteiger partial charge in [0.1, 0.15) is 5.75 Å². The zero-order chi connectivity index (χ0) is 22.4. The first-order valence-electron chi connectivity index (χ1n) is 11.5. The van der Waals surface area contributed by atoms with E-state index >= 15 is 0 Å². The van der Waals surface area contributed by atoms with E-state index in [4.69, 9.17) is 14.7 Å². The van der Waals surface area contributed by atoms with Crippen molar-refractivity contribution in [1.82, 2.24) is 24.8 Å². The molecule has 2 aliphatic heterocycles. The van der Waals surface area contributed by atoms with Crippen molar-refractivity contribution in [2.45, 2.75) is 6.54 Å². The third-order valence-electron chi connectivity index (χ3n) is 6.59. The Labute approximate surface area is 196 Å². The quantitative estimate of drug-likeness (QED) is 0.480. The number of aromatic amines is 1. The normalized spacial score (nSPS) is 18.5. The highest BCUT2D eigenvalue weighted by Crippen LogP contribution is 2.37. The minimum atomic E-state index is 0.206. The van der Waals surface area contributed by atoms with Gasteiger partial charge in [0.2, 0.25) is 0 Å². The molecule has 0 bridgehead atoms. The van der Waals surface area contributed by atoms with Crippen LogP contribution in [0.25, 0.3) is 32.5 Å². The topological polar surface area (TPSA) is 80.8 Å². The number of aromatic hydroxyl groups is 1. The standard InChI is InChI=1S/C24H28N6O2S/c1-28-4-6-29(7-5-28)15-17-14-21-22(33-17)24(30-8-10-32-11-9-30)27-23(26-21)19-12-16(31)13-20-18(19)2-3-25-20/h2-3,12-14,25,31H,4-11,15H2,1H3. The van der Waals surface area contributed by atoms with Crippen molar-refractivity contribution in [3.63, 3.8) is 0 Å². The lowest BCUT2D eigenvalue weighted by molar-refractivity contribution is 0.122. The molecule has 1 aromatic carbocycles. The van der Waals surface area contributed by atoms with Crippen LogP contribution >= 0.6 is 11.3 Å². The highest BCUT2D eigenvalue weighted by Gasteiger charge is 2.22. The SMILES string of the molecule is CN1CCN(Cc2cc3nc(-c4cc(O)cc5[nH]ccc45)nc(N4CCOCC4)c3s2)CC1. The van der Waals surface area contributed by atoms with E-state index in [-0.39, 0.29) is 5.75 Å². The molecule has 172 valence electrons. The van der Waals surface area contributed by atoms with Crippen LogP contribution in [-0.4, -0.2) is 89.4 Å². The number of aromatic nitrogens is 3. The van der Waals surface area contributed by atoms with Gasteiger partial charge in [-0.3, -0.25) is 4.90 Å². The summed E-state index contributed by atoms with van der Waals surface area (Å²) in [6.07, 6.45) is 1.88. The van der Waals surface area contributed by atoms with Crippen molar-refractivity contribution in [1.29, 1.82) is 0 Å². The second-order valence-corrected chi connectivity index (χ2v) is 10.0. The van der Waals surface area contributed by atoms with Gasteiger partial charge in [-0.1, -0.05) is 0 Å². The first-order valence-corrected chi connectivity index (χ1v) is 12.3. The summed E-state index contributed by atoms with van der Waals surface area (Å²) < 4.78 is 6.73. The Hall–Kier alpha value is -2.72. The molecule has 4 aromatic rings. The molecule has 0 aliphatic carbocycles. The summed E-state index contributed by atoms with van der Waals surface area (Å²) in [6, 6.07) is 7.74. The molecule has 0 amide bonds. The minimum Gasteiger partial charge on any atom is -0.508 e. The number of nitrogens with zero attached hydrogens (tertiary/aromatic N) is 5. The van der Waals surface area contributed by atoms with E-state index in [2.05, 4.69) is 32.8 Å². The average Bonchev–Trinajstić information content (AvgIpc) is 3.46. The van der Waals surface area contributed by atoms with Crippen molar-refractivity contribution >= 4 is 38.3 Å². The van der Waals surface area contributed by atoms with Crippen molar-refractivity contribution in [2.75, 3.05) is 64.4 Å². The minimum absolute atomic E-state index is 0.206. The maximum atomic E-state index is 10.3. The van der Waals surface area contributed by atoms with Gasteiger partial charge in [-0.15, -0.1) is 11.3 Å². The van der Waals surface area contributed by atoms with Crippen molar-refractivity contribution < 1.29 is 9.84 Å². The number of ether oxygens (including phenoxy) is 1. The van der Waals surface area contributed by atoms with Crippen molar-refractivity contribution in [3.05, 3.63) is 35.3 Å². The zero-order valence-electron chi connectivity index (χ0n) is 18.8. The van der Waals surface area contributed by atoms with Gasteiger partial charge in [0.05, 0.1) is 23.4 Å². The molecule has 8 nitrogen and oxygen atoms in total. The molecule has 2 fully saturated rings. The van der Waals surface area contributed by atoms with Crippen molar-refractivity contribution in [3.8, 4) is 17.1 Å². The molecule has 2 N–H and O–H groups in total. The van der Waals surface area contributed by atoms with Crippen LogP contribution in [0.5, 0.6) is 5.75 Å². The van der Waals surface area contributed by atoms with Crippen LogP contribution in [0.2, 0.25) is 0 Å². The molecule has 33 heavy (non-hydrogen) atoms. The third kappa shape index (κ3) is 4.06. The molecule has 9 heteroatoms. The summed E-state index contributed by atoms with van der Waals surface area (Å²) in [7, 11) is 2.19. The number of likely N-dealkylation sites (N-methyl/N-ethyl adjacent to an activating group) is 1. The van der Waals surface area contributed by atoms with E-state index in [1.807, 2.05) is 12.3 Å². The van der Waals surface area contributed by atoms with E-state index < -0.39 is 0 Å². The van der Waals surface area contributed by atoms with E-state index in [9.17, 15) is 5.11 Å². The van der Waals surface area contributed by atoms with Crippen LogP contribution in [-0.2, 0) is 11.3 Å². The molecule has 0 spiro atoms. The van der Waals surface area contributed by atoms with Crippen LogP contribution < -0.4 is 4.90 Å². The van der Waals surface area contributed by atoms with Gasteiger partial charge in [0.25, 0.3) is 0 Å². The average molecular weight is 465 g/mol. The van der Waals surface area contributed by atoms with Gasteiger partial charge >= 0.3 is 0 Å². The van der Waals surface area contributed by atoms with E-state index in [0.717, 1.165) is 78.3 Å². The molecule has 0 radical (unpaired) electrons. The van der Waals surface area contributed by atoms with Crippen LogP contribution in [0, 0.1) is 0 Å². The molecular weight excluding hydrogens is 436 g/mol. The maximum absolute atomic E-state index is 10.3. The Morgan fingerprint density at radius 2 is 1.88 bits per heavy atom. The molecular formula is C24H28N6O2S. The fourth-order valence-corrected chi connectivity index (χ4v) is 5.87. The summed E-state index contributed by atoms with van der Waals surface area (Å²) in [4.78, 5) is 21.8. The zero-order valence-corrected chi connectivity index (χ0v) is 19.6. The monoisotopic (exact) mass is 464 g/mol. The maximum Gasteiger partial charge on any atom is 0.163 e. The molecule has 0 unspecified atom stereocenters. The lowest BCUT2D eigenvalue weighted by Crippen LogP contribution is -2.43. The second-order valence-electron chi connectivity index (χ2n) is 8.91. The Bertz CT molecular complexity index is 1290. The number of rotatable bonds is 4. The van der Waals surface area contributed by atoms with Crippen molar-refractivity contribution in [2.24, 2.45) is 0 Å². The number of phenolic OH excluding ortho intramolecular Hbond substituents is 1. The van der Waals surface area contributed by atoms with Gasteiger partial charge in [-0.05, 0) is 25.2 Å². The Balaban J connectivity index is 1.44. The number of benzene rings is 1. The van der Waals surface area contributed by atoms with Gasteiger partial charge in [-0.25, -0.2) is 9.97 Å². The molecule has 0 saturated carbocycles. The smallest absolute Gasteiger partial charge is 0.163 e. The Morgan fingerprint density at radius 3 is 2.70 bits per heavy atom. The first-order chi connectivity index (χ1) is 16.1. The summed E-state index contributed by atoms with van der Waals surface area (Å²) in [5.41, 5.74) is 2.69. The fraction of sp³-hybridized carbons (Fsp3) is 0.417. The number of hydrogen-bond donors (Lipinski definition) is 2. The molecule has 0 atom stereocenters. The van der Waals surface area contributed by atoms with Crippen LogP contribution in [0.1, 0.15) is 4.88 Å². The van der Waals surface area contributed by atoms with Gasteiger partial charge in [0.15, 0.2) is 11.6 Å². The summed E-state index contributed by atoms with van der Waals surface area (Å²) in [5.74, 6) is 1.83. The van der Waals surface area contributed by atoms with Crippen LogP contribution in [0.3, 0.4) is 0 Å². The van der Waals surface area contributed by atoms with Gasteiger partial charge in [0, 0.05) is 79.4 Å². The predicted octanol–water partition coefficient (Wildman–Crippen LogP) is 3.13. The fourth-order valence-electron chi connectivity index (χ4n) is 4.72. The van der Waals surface area contributed by atoms with Crippen LogP contribution in [0.4, 0.5) is 5.82 Å². The second kappa shape index (κ2) is 8.57. The third-order valence-corrected chi connectivity index (χ3v) is 7.69. The highest BCUT2D eigenvalue weighted by atomic mass is 32.1. The summed E-state index contributed by atoms with van der Waals surface area (Å²) >= 11 is 1.81. The van der Waals surface area contributed by atoms with E-state index in [0.29, 0.717) is 19.0 Å². The summed E-state index contributed by atoms with van der Waals surface area (Å²) in [6.45, 7) is 8.38. The largest absolute Gasteiger partial charge is 0.508 e. The number of phenols is 1. The number of H-pyrrole nitrogens is 1.